The summed E-state index contributed by atoms with van der Waals surface area (Å²) in [6, 6.07) is 7.79. The lowest BCUT2D eigenvalue weighted by atomic mass is 10.0. The van der Waals surface area contributed by atoms with Gasteiger partial charge < -0.3 is 4.74 Å². The van der Waals surface area contributed by atoms with Crippen LogP contribution in [0.5, 0.6) is 0 Å². The quantitative estimate of drug-likeness (QED) is 0.731. The van der Waals surface area contributed by atoms with E-state index in [4.69, 9.17) is 4.74 Å². The zero-order valence-electron chi connectivity index (χ0n) is 15.9. The standard InChI is InChI=1S/C19H25N3O4S/c1-14-7-6-10-22(11-14)27(24,25)18-17(19(23)26-3)13-21(20-18)12-16-9-5-4-8-15(16)2/h4-5,8-9,13-14H,6-7,10-12H2,1-3H3. The van der Waals surface area contributed by atoms with Crippen molar-refractivity contribution in [2.24, 2.45) is 5.92 Å². The van der Waals surface area contributed by atoms with Crippen molar-refractivity contribution in [3.8, 4) is 0 Å². The molecule has 1 atom stereocenters. The number of nitrogens with zero attached hydrogens (tertiary/aromatic N) is 3. The Morgan fingerprint density at radius 1 is 1.33 bits per heavy atom. The monoisotopic (exact) mass is 391 g/mol. The molecule has 1 fully saturated rings. The highest BCUT2D eigenvalue weighted by molar-refractivity contribution is 7.89. The number of methoxy groups -OCH3 is 1. The van der Waals surface area contributed by atoms with Crippen molar-refractivity contribution in [1.82, 2.24) is 14.1 Å². The van der Waals surface area contributed by atoms with E-state index in [9.17, 15) is 13.2 Å². The topological polar surface area (TPSA) is 81.5 Å². The van der Waals surface area contributed by atoms with Crippen LogP contribution in [-0.2, 0) is 21.3 Å². The number of carbonyl (C=O) groups excluding carboxylic acids is 1. The second-order valence-electron chi connectivity index (χ2n) is 7.07. The van der Waals surface area contributed by atoms with Crippen LogP contribution in [0.2, 0.25) is 0 Å². The van der Waals surface area contributed by atoms with E-state index >= 15 is 0 Å². The lowest BCUT2D eigenvalue weighted by Gasteiger charge is -2.29. The van der Waals surface area contributed by atoms with Crippen molar-refractivity contribution in [2.45, 2.75) is 38.3 Å². The molecule has 0 N–H and O–H groups in total. The minimum Gasteiger partial charge on any atom is -0.465 e. The van der Waals surface area contributed by atoms with Crippen molar-refractivity contribution >= 4 is 16.0 Å². The van der Waals surface area contributed by atoms with Gasteiger partial charge in [0.05, 0.1) is 13.7 Å². The van der Waals surface area contributed by atoms with E-state index in [1.54, 1.807) is 0 Å². The molecular weight excluding hydrogens is 366 g/mol. The molecule has 1 aliphatic rings. The third kappa shape index (κ3) is 4.06. The molecule has 146 valence electrons. The number of carbonyl (C=O) groups is 1. The van der Waals surface area contributed by atoms with E-state index in [0.29, 0.717) is 19.6 Å². The average Bonchev–Trinajstić information content (AvgIpc) is 3.08. The first kappa shape index (κ1) is 19.6. The summed E-state index contributed by atoms with van der Waals surface area (Å²) in [7, 11) is -2.63. The Balaban J connectivity index is 1.99. The van der Waals surface area contributed by atoms with Crippen LogP contribution in [-0.4, -0.2) is 48.7 Å². The second kappa shape index (κ2) is 7.82. The fourth-order valence-electron chi connectivity index (χ4n) is 3.37. The smallest absolute Gasteiger partial charge is 0.342 e. The summed E-state index contributed by atoms with van der Waals surface area (Å²) in [5.74, 6) is -0.418. The van der Waals surface area contributed by atoms with Gasteiger partial charge in [-0.25, -0.2) is 13.2 Å². The highest BCUT2D eigenvalue weighted by Gasteiger charge is 2.35. The minimum atomic E-state index is -3.86. The van der Waals surface area contributed by atoms with Gasteiger partial charge in [0, 0.05) is 19.3 Å². The van der Waals surface area contributed by atoms with Crippen LogP contribution in [0.1, 0.15) is 41.3 Å². The summed E-state index contributed by atoms with van der Waals surface area (Å²) < 4.78 is 34.0. The lowest BCUT2D eigenvalue weighted by Crippen LogP contribution is -2.39. The summed E-state index contributed by atoms with van der Waals surface area (Å²) in [4.78, 5) is 12.2. The van der Waals surface area contributed by atoms with Crippen LogP contribution in [0, 0.1) is 12.8 Å². The molecule has 1 saturated heterocycles. The van der Waals surface area contributed by atoms with Crippen LogP contribution in [0.4, 0.5) is 0 Å². The van der Waals surface area contributed by atoms with Gasteiger partial charge in [0.2, 0.25) is 5.03 Å². The molecule has 2 heterocycles. The first-order chi connectivity index (χ1) is 12.8. The van der Waals surface area contributed by atoms with Gasteiger partial charge in [-0.1, -0.05) is 31.2 Å². The Morgan fingerprint density at radius 2 is 2.07 bits per heavy atom. The highest BCUT2D eigenvalue weighted by atomic mass is 32.2. The van der Waals surface area contributed by atoms with Crippen LogP contribution in [0.3, 0.4) is 0 Å². The predicted octanol–water partition coefficient (Wildman–Crippen LogP) is 2.45. The molecule has 1 aromatic carbocycles. The summed E-state index contributed by atoms with van der Waals surface area (Å²) in [5.41, 5.74) is 2.05. The third-order valence-electron chi connectivity index (χ3n) is 4.93. The third-order valence-corrected chi connectivity index (χ3v) is 6.73. The normalized spacial score (nSPS) is 18.4. The molecule has 27 heavy (non-hydrogen) atoms. The van der Waals surface area contributed by atoms with Crippen LogP contribution in [0.25, 0.3) is 0 Å². The molecule has 0 aliphatic carbocycles. The molecule has 0 spiro atoms. The van der Waals surface area contributed by atoms with Gasteiger partial charge in [-0.15, -0.1) is 0 Å². The SMILES string of the molecule is COC(=O)c1cn(Cc2ccccc2C)nc1S(=O)(=O)N1CCCC(C)C1. The zero-order valence-corrected chi connectivity index (χ0v) is 16.7. The molecule has 1 unspecified atom stereocenters. The zero-order chi connectivity index (χ0) is 19.6. The van der Waals surface area contributed by atoms with E-state index in [1.165, 1.54) is 22.3 Å². The van der Waals surface area contributed by atoms with Gasteiger partial charge in [-0.05, 0) is 36.8 Å². The molecular formula is C19H25N3O4S. The Bertz CT molecular complexity index is 936. The van der Waals surface area contributed by atoms with Crippen molar-refractivity contribution < 1.29 is 17.9 Å². The van der Waals surface area contributed by atoms with Gasteiger partial charge in [0.1, 0.15) is 5.56 Å². The van der Waals surface area contributed by atoms with Crippen molar-refractivity contribution in [3.63, 3.8) is 0 Å². The van der Waals surface area contributed by atoms with Gasteiger partial charge in [0.15, 0.2) is 0 Å². The highest BCUT2D eigenvalue weighted by Crippen LogP contribution is 2.25. The second-order valence-corrected chi connectivity index (χ2v) is 8.93. The van der Waals surface area contributed by atoms with Gasteiger partial charge in [0.25, 0.3) is 10.0 Å². The fraction of sp³-hybridized carbons (Fsp3) is 0.474. The van der Waals surface area contributed by atoms with Gasteiger partial charge >= 0.3 is 5.97 Å². The number of sulfonamides is 1. The van der Waals surface area contributed by atoms with Crippen LogP contribution in [0.15, 0.2) is 35.5 Å². The number of aryl methyl sites for hydroxylation is 1. The maximum absolute atomic E-state index is 13.1. The summed E-state index contributed by atoms with van der Waals surface area (Å²) in [6.45, 7) is 5.26. The molecule has 0 bridgehead atoms. The Hall–Kier alpha value is -2.19. The van der Waals surface area contributed by atoms with E-state index < -0.39 is 16.0 Å². The van der Waals surface area contributed by atoms with E-state index in [2.05, 4.69) is 5.10 Å². The van der Waals surface area contributed by atoms with E-state index in [0.717, 1.165) is 24.0 Å². The molecule has 1 aliphatic heterocycles. The van der Waals surface area contributed by atoms with Crippen LogP contribution < -0.4 is 0 Å². The minimum absolute atomic E-state index is 0.0238. The fourth-order valence-corrected chi connectivity index (χ4v) is 5.06. The number of rotatable bonds is 5. The number of piperidine rings is 1. The van der Waals surface area contributed by atoms with Crippen molar-refractivity contribution in [1.29, 1.82) is 0 Å². The van der Waals surface area contributed by atoms with Gasteiger partial charge in [-0.3, -0.25) is 4.68 Å². The average molecular weight is 391 g/mol. The molecule has 7 nitrogen and oxygen atoms in total. The molecule has 0 radical (unpaired) electrons. The molecule has 8 heteroatoms. The number of aromatic nitrogens is 2. The number of esters is 1. The maximum atomic E-state index is 13.1. The molecule has 0 saturated carbocycles. The summed E-state index contributed by atoms with van der Waals surface area (Å²) in [5, 5.41) is 4.05. The summed E-state index contributed by atoms with van der Waals surface area (Å²) in [6.07, 6.45) is 3.26. The Morgan fingerprint density at radius 3 is 2.74 bits per heavy atom. The number of hydrogen-bond donors (Lipinski definition) is 0. The Kier molecular flexibility index (Phi) is 5.67. The summed E-state index contributed by atoms with van der Waals surface area (Å²) >= 11 is 0. The van der Waals surface area contributed by atoms with E-state index in [-0.39, 0.29) is 16.5 Å². The molecule has 1 aromatic heterocycles. The molecule has 3 rings (SSSR count). The number of ether oxygens (including phenoxy) is 1. The number of benzene rings is 1. The Labute approximate surface area is 160 Å². The maximum Gasteiger partial charge on any atom is 0.342 e. The first-order valence-corrected chi connectivity index (χ1v) is 10.5. The molecule has 0 amide bonds. The van der Waals surface area contributed by atoms with E-state index in [1.807, 2.05) is 38.1 Å². The lowest BCUT2D eigenvalue weighted by molar-refractivity contribution is 0.0596. The van der Waals surface area contributed by atoms with Crippen molar-refractivity contribution in [2.75, 3.05) is 20.2 Å². The predicted molar refractivity (Wildman–Crippen MR) is 101 cm³/mol. The number of hydrogen-bond acceptors (Lipinski definition) is 5. The first-order valence-electron chi connectivity index (χ1n) is 9.03. The van der Waals surface area contributed by atoms with Crippen LogP contribution >= 0.6 is 0 Å². The molecule has 2 aromatic rings. The van der Waals surface area contributed by atoms with Gasteiger partial charge in [-0.2, -0.15) is 9.40 Å². The largest absolute Gasteiger partial charge is 0.465 e. The van der Waals surface area contributed by atoms with Crippen molar-refractivity contribution in [3.05, 3.63) is 47.2 Å².